The van der Waals surface area contributed by atoms with Gasteiger partial charge in [0.25, 0.3) is 0 Å². The minimum Gasteiger partial charge on any atom is -0.449 e. The number of halogens is 1. The molecular formula is C14H9BrN2O3. The second kappa shape index (κ2) is 5.72. The standard InChI is InChI=1S/C14H9BrN2O3/c1-9-5-6-12(17(18)19)14(7-9)20-13-4-2-3-11(15)10(13)8-16/h2-7H,1H3. The van der Waals surface area contributed by atoms with Crippen LogP contribution in [0.5, 0.6) is 11.5 Å². The van der Waals surface area contributed by atoms with Crippen molar-refractivity contribution in [2.75, 3.05) is 0 Å². The van der Waals surface area contributed by atoms with Gasteiger partial charge in [-0.3, -0.25) is 10.1 Å². The highest BCUT2D eigenvalue weighted by molar-refractivity contribution is 9.10. The maximum atomic E-state index is 11.0. The first kappa shape index (κ1) is 14.0. The number of benzene rings is 2. The molecule has 0 atom stereocenters. The van der Waals surface area contributed by atoms with Crippen LogP contribution in [-0.4, -0.2) is 4.92 Å². The molecule has 0 saturated heterocycles. The van der Waals surface area contributed by atoms with Crippen LogP contribution in [0.3, 0.4) is 0 Å². The number of hydrogen-bond acceptors (Lipinski definition) is 4. The Bertz CT molecular complexity index is 723. The zero-order valence-electron chi connectivity index (χ0n) is 10.5. The Labute approximate surface area is 123 Å². The van der Waals surface area contributed by atoms with Crippen LogP contribution in [0.4, 0.5) is 5.69 Å². The molecule has 0 aromatic heterocycles. The Morgan fingerprint density at radius 3 is 2.70 bits per heavy atom. The summed E-state index contributed by atoms with van der Waals surface area (Å²) in [5, 5.41) is 20.1. The van der Waals surface area contributed by atoms with E-state index in [1.54, 1.807) is 30.3 Å². The third-order valence-corrected chi connectivity index (χ3v) is 3.28. The molecule has 0 aliphatic carbocycles. The lowest BCUT2D eigenvalue weighted by Crippen LogP contribution is -1.95. The third-order valence-electron chi connectivity index (χ3n) is 2.62. The first-order valence-electron chi connectivity index (χ1n) is 5.64. The van der Waals surface area contributed by atoms with Crippen molar-refractivity contribution >= 4 is 21.6 Å². The van der Waals surface area contributed by atoms with Crippen molar-refractivity contribution in [3.8, 4) is 17.6 Å². The molecule has 0 unspecified atom stereocenters. The Morgan fingerprint density at radius 1 is 1.30 bits per heavy atom. The van der Waals surface area contributed by atoms with Crippen molar-refractivity contribution in [2.45, 2.75) is 6.92 Å². The molecule has 0 radical (unpaired) electrons. The molecule has 0 heterocycles. The number of rotatable bonds is 3. The summed E-state index contributed by atoms with van der Waals surface area (Å²) in [7, 11) is 0. The van der Waals surface area contributed by atoms with Gasteiger partial charge in [-0.15, -0.1) is 0 Å². The molecule has 6 heteroatoms. The number of aryl methyl sites for hydroxylation is 1. The van der Waals surface area contributed by atoms with Gasteiger partial charge in [-0.25, -0.2) is 0 Å². The molecule has 0 saturated carbocycles. The summed E-state index contributed by atoms with van der Waals surface area (Å²) in [4.78, 5) is 10.5. The lowest BCUT2D eigenvalue weighted by Gasteiger charge is -2.09. The minimum absolute atomic E-state index is 0.115. The lowest BCUT2D eigenvalue weighted by atomic mass is 10.2. The summed E-state index contributed by atoms with van der Waals surface area (Å²) in [5.74, 6) is 0.389. The molecule has 0 aliphatic rings. The Balaban J connectivity index is 2.51. The van der Waals surface area contributed by atoms with E-state index in [0.29, 0.717) is 10.0 Å². The predicted octanol–water partition coefficient (Wildman–Crippen LogP) is 4.33. The van der Waals surface area contributed by atoms with E-state index in [2.05, 4.69) is 15.9 Å². The molecule has 2 aromatic rings. The molecule has 0 bridgehead atoms. The Hall–Kier alpha value is -2.39. The van der Waals surface area contributed by atoms with E-state index >= 15 is 0 Å². The highest BCUT2D eigenvalue weighted by Crippen LogP contribution is 2.35. The van der Waals surface area contributed by atoms with Crippen molar-refractivity contribution in [2.24, 2.45) is 0 Å². The van der Waals surface area contributed by atoms with Crippen LogP contribution in [0.25, 0.3) is 0 Å². The fourth-order valence-electron chi connectivity index (χ4n) is 1.67. The topological polar surface area (TPSA) is 76.2 Å². The molecular weight excluding hydrogens is 324 g/mol. The van der Waals surface area contributed by atoms with Crippen LogP contribution >= 0.6 is 15.9 Å². The van der Waals surface area contributed by atoms with E-state index in [4.69, 9.17) is 10.00 Å². The van der Waals surface area contributed by atoms with E-state index < -0.39 is 4.92 Å². The molecule has 2 aromatic carbocycles. The van der Waals surface area contributed by atoms with Gasteiger partial charge in [0, 0.05) is 10.5 Å². The monoisotopic (exact) mass is 332 g/mol. The average Bonchev–Trinajstić information content (AvgIpc) is 2.38. The second-order valence-corrected chi connectivity index (χ2v) is 4.91. The lowest BCUT2D eigenvalue weighted by molar-refractivity contribution is -0.385. The third kappa shape index (κ3) is 2.78. The van der Waals surface area contributed by atoms with E-state index in [-0.39, 0.29) is 17.2 Å². The summed E-state index contributed by atoms with van der Waals surface area (Å²) >= 11 is 3.25. The molecule has 0 aliphatic heterocycles. The quantitative estimate of drug-likeness (QED) is 0.619. The molecule has 0 spiro atoms. The Morgan fingerprint density at radius 2 is 2.05 bits per heavy atom. The van der Waals surface area contributed by atoms with Crippen molar-refractivity contribution in [1.29, 1.82) is 5.26 Å². The number of ether oxygens (including phenoxy) is 1. The van der Waals surface area contributed by atoms with Crippen molar-refractivity contribution in [1.82, 2.24) is 0 Å². The van der Waals surface area contributed by atoms with Gasteiger partial charge in [-0.05, 0) is 46.6 Å². The van der Waals surface area contributed by atoms with Gasteiger partial charge >= 0.3 is 5.69 Å². The number of hydrogen-bond donors (Lipinski definition) is 0. The number of nitro benzene ring substituents is 1. The normalized spacial score (nSPS) is 9.85. The summed E-state index contributed by atoms with van der Waals surface area (Å²) < 4.78 is 6.14. The zero-order chi connectivity index (χ0) is 14.7. The van der Waals surface area contributed by atoms with Crippen LogP contribution < -0.4 is 4.74 Å². The highest BCUT2D eigenvalue weighted by Gasteiger charge is 2.17. The Kier molecular flexibility index (Phi) is 4.01. The summed E-state index contributed by atoms with van der Waals surface area (Å²) in [5.41, 5.74) is 0.988. The summed E-state index contributed by atoms with van der Waals surface area (Å²) in [6.07, 6.45) is 0. The zero-order valence-corrected chi connectivity index (χ0v) is 12.0. The van der Waals surface area contributed by atoms with Crippen molar-refractivity contribution < 1.29 is 9.66 Å². The molecule has 0 fully saturated rings. The molecule has 20 heavy (non-hydrogen) atoms. The maximum Gasteiger partial charge on any atom is 0.311 e. The fraction of sp³-hybridized carbons (Fsp3) is 0.0714. The number of nitrogens with zero attached hydrogens (tertiary/aromatic N) is 2. The minimum atomic E-state index is -0.515. The van der Waals surface area contributed by atoms with Crippen LogP contribution in [-0.2, 0) is 0 Å². The van der Waals surface area contributed by atoms with E-state index in [1.165, 1.54) is 6.07 Å². The van der Waals surface area contributed by atoms with Gasteiger partial charge in [0.1, 0.15) is 17.4 Å². The largest absolute Gasteiger partial charge is 0.449 e. The molecule has 2 rings (SSSR count). The van der Waals surface area contributed by atoms with Gasteiger partial charge in [0.05, 0.1) is 4.92 Å². The molecule has 0 amide bonds. The summed E-state index contributed by atoms with van der Waals surface area (Å²) in [6, 6.07) is 11.6. The smallest absolute Gasteiger partial charge is 0.311 e. The predicted molar refractivity (Wildman–Crippen MR) is 76.8 cm³/mol. The van der Waals surface area contributed by atoms with Gasteiger partial charge in [-0.2, -0.15) is 5.26 Å². The van der Waals surface area contributed by atoms with Crippen LogP contribution in [0.15, 0.2) is 40.9 Å². The van der Waals surface area contributed by atoms with Gasteiger partial charge in [0.2, 0.25) is 5.75 Å². The van der Waals surface area contributed by atoms with Crippen LogP contribution in [0.1, 0.15) is 11.1 Å². The first-order chi connectivity index (χ1) is 9.52. The SMILES string of the molecule is Cc1ccc([N+](=O)[O-])c(Oc2cccc(Br)c2C#N)c1. The van der Waals surface area contributed by atoms with E-state index in [0.717, 1.165) is 5.56 Å². The van der Waals surface area contributed by atoms with Crippen LogP contribution in [0, 0.1) is 28.4 Å². The van der Waals surface area contributed by atoms with Crippen molar-refractivity contribution in [3.63, 3.8) is 0 Å². The van der Waals surface area contributed by atoms with Crippen LogP contribution in [0.2, 0.25) is 0 Å². The first-order valence-corrected chi connectivity index (χ1v) is 6.43. The fourth-order valence-corrected chi connectivity index (χ4v) is 2.11. The number of nitriles is 1. The molecule has 100 valence electrons. The van der Waals surface area contributed by atoms with Crippen molar-refractivity contribution in [3.05, 3.63) is 62.1 Å². The second-order valence-electron chi connectivity index (χ2n) is 4.06. The van der Waals surface area contributed by atoms with Gasteiger partial charge in [-0.1, -0.05) is 12.1 Å². The number of nitro groups is 1. The molecule has 5 nitrogen and oxygen atoms in total. The van der Waals surface area contributed by atoms with Gasteiger partial charge in [0.15, 0.2) is 0 Å². The van der Waals surface area contributed by atoms with E-state index in [9.17, 15) is 10.1 Å². The average molecular weight is 333 g/mol. The van der Waals surface area contributed by atoms with Gasteiger partial charge < -0.3 is 4.74 Å². The highest BCUT2D eigenvalue weighted by atomic mass is 79.9. The summed E-state index contributed by atoms with van der Waals surface area (Å²) in [6.45, 7) is 1.81. The van der Waals surface area contributed by atoms with E-state index in [1.807, 2.05) is 13.0 Å². The maximum absolute atomic E-state index is 11.0. The molecule has 0 N–H and O–H groups in total.